The minimum atomic E-state index is -0.489. The van der Waals surface area contributed by atoms with Crippen molar-refractivity contribution in [1.29, 1.82) is 0 Å². The van der Waals surface area contributed by atoms with E-state index >= 15 is 0 Å². The van der Waals surface area contributed by atoms with Crippen molar-refractivity contribution < 1.29 is 19.1 Å². The van der Waals surface area contributed by atoms with Crippen LogP contribution in [0, 0.1) is 0 Å². The molecule has 7 nitrogen and oxygen atoms in total. The van der Waals surface area contributed by atoms with Crippen LogP contribution in [0.15, 0.2) is 18.2 Å². The summed E-state index contributed by atoms with van der Waals surface area (Å²) >= 11 is 0. The summed E-state index contributed by atoms with van der Waals surface area (Å²) in [6, 6.07) is 4.79. The highest BCUT2D eigenvalue weighted by Gasteiger charge is 2.22. The molecular weight excluding hydrogens is 322 g/mol. The zero-order valence-corrected chi connectivity index (χ0v) is 15.5. The zero-order valence-electron chi connectivity index (χ0n) is 15.5. The fourth-order valence-corrected chi connectivity index (χ4v) is 2.40. The standard InChI is InChI=1S/C18H27N3O4/c1-12(16(22)19-17(23)20-18(2,3)4)21(5)11-13-6-7-14-15(10-13)25-9-8-24-14/h6-7,10,12H,8-9,11H2,1-5H3,(H2,19,20,22,23)/t12-/m1/s1. The number of nitrogens with one attached hydrogen (secondary N) is 2. The summed E-state index contributed by atoms with van der Waals surface area (Å²) in [6.07, 6.45) is 0. The third kappa shape index (κ3) is 5.63. The number of hydrogen-bond acceptors (Lipinski definition) is 5. The van der Waals surface area contributed by atoms with Gasteiger partial charge in [-0.05, 0) is 52.4 Å². The average Bonchev–Trinajstić information content (AvgIpc) is 2.52. The molecule has 0 unspecified atom stereocenters. The van der Waals surface area contributed by atoms with Crippen molar-refractivity contribution in [3.8, 4) is 11.5 Å². The number of rotatable bonds is 4. The molecule has 0 radical (unpaired) electrons. The van der Waals surface area contributed by atoms with Crippen molar-refractivity contribution in [2.75, 3.05) is 20.3 Å². The summed E-state index contributed by atoms with van der Waals surface area (Å²) < 4.78 is 11.1. The van der Waals surface area contributed by atoms with E-state index < -0.39 is 17.6 Å². The molecule has 1 atom stereocenters. The summed E-state index contributed by atoms with van der Waals surface area (Å²) in [5.41, 5.74) is 0.607. The Balaban J connectivity index is 1.92. The molecule has 25 heavy (non-hydrogen) atoms. The number of likely N-dealkylation sites (N-methyl/N-ethyl adjacent to an activating group) is 1. The Morgan fingerprint density at radius 1 is 1.20 bits per heavy atom. The smallest absolute Gasteiger partial charge is 0.321 e. The maximum atomic E-state index is 12.2. The van der Waals surface area contributed by atoms with Crippen molar-refractivity contribution in [3.63, 3.8) is 0 Å². The molecule has 1 aromatic carbocycles. The number of fused-ring (bicyclic) bond motifs is 1. The predicted molar refractivity (Wildman–Crippen MR) is 94.8 cm³/mol. The second-order valence-electron chi connectivity index (χ2n) is 7.26. The van der Waals surface area contributed by atoms with E-state index in [9.17, 15) is 9.59 Å². The predicted octanol–water partition coefficient (Wildman–Crippen LogP) is 1.90. The molecule has 1 aliphatic rings. The molecule has 0 saturated heterocycles. The van der Waals surface area contributed by atoms with E-state index in [0.717, 1.165) is 17.1 Å². The molecule has 2 rings (SSSR count). The molecule has 0 bridgehead atoms. The normalized spacial score (nSPS) is 14.8. The summed E-state index contributed by atoms with van der Waals surface area (Å²) in [5, 5.41) is 5.09. The molecular formula is C18H27N3O4. The van der Waals surface area contributed by atoms with Gasteiger partial charge in [-0.1, -0.05) is 6.07 Å². The zero-order chi connectivity index (χ0) is 18.6. The number of imide groups is 1. The SMILES string of the molecule is C[C@H](C(=O)NC(=O)NC(C)(C)C)N(C)Cc1ccc2c(c1)OCCO2. The number of carbonyl (C=O) groups excluding carboxylic acids is 2. The molecule has 2 N–H and O–H groups in total. The molecule has 7 heteroatoms. The van der Waals surface area contributed by atoms with Crippen LogP contribution >= 0.6 is 0 Å². The largest absolute Gasteiger partial charge is 0.486 e. The van der Waals surface area contributed by atoms with Crippen LogP contribution in [-0.4, -0.2) is 48.7 Å². The first-order valence-electron chi connectivity index (χ1n) is 8.37. The molecule has 0 aliphatic carbocycles. The van der Waals surface area contributed by atoms with Gasteiger partial charge in [-0.15, -0.1) is 0 Å². The van der Waals surface area contributed by atoms with Crippen molar-refractivity contribution in [3.05, 3.63) is 23.8 Å². The van der Waals surface area contributed by atoms with Crippen molar-refractivity contribution in [2.24, 2.45) is 0 Å². The molecule has 0 aromatic heterocycles. The first-order chi connectivity index (χ1) is 11.7. The van der Waals surface area contributed by atoms with E-state index in [1.807, 2.05) is 50.9 Å². The number of nitrogens with zero attached hydrogens (tertiary/aromatic N) is 1. The minimum absolute atomic E-state index is 0.346. The molecule has 138 valence electrons. The van der Waals surface area contributed by atoms with Gasteiger partial charge < -0.3 is 14.8 Å². The van der Waals surface area contributed by atoms with E-state index in [1.54, 1.807) is 6.92 Å². The van der Waals surface area contributed by atoms with Crippen LogP contribution in [-0.2, 0) is 11.3 Å². The number of carbonyl (C=O) groups is 2. The van der Waals surface area contributed by atoms with Gasteiger partial charge in [-0.3, -0.25) is 15.0 Å². The van der Waals surface area contributed by atoms with Crippen molar-refractivity contribution >= 4 is 11.9 Å². The van der Waals surface area contributed by atoms with Crippen LogP contribution in [0.4, 0.5) is 4.79 Å². The van der Waals surface area contributed by atoms with E-state index in [-0.39, 0.29) is 5.91 Å². The van der Waals surface area contributed by atoms with Gasteiger partial charge in [-0.2, -0.15) is 0 Å². The van der Waals surface area contributed by atoms with Crippen LogP contribution in [0.2, 0.25) is 0 Å². The van der Waals surface area contributed by atoms with Crippen molar-refractivity contribution in [1.82, 2.24) is 15.5 Å². The van der Waals surface area contributed by atoms with Gasteiger partial charge in [-0.25, -0.2) is 4.79 Å². The fraction of sp³-hybridized carbons (Fsp3) is 0.556. The quantitative estimate of drug-likeness (QED) is 0.868. The topological polar surface area (TPSA) is 79.9 Å². The lowest BCUT2D eigenvalue weighted by atomic mass is 10.1. The first kappa shape index (κ1) is 19.1. The molecule has 1 aromatic rings. The van der Waals surface area contributed by atoms with E-state index in [0.29, 0.717) is 19.8 Å². The second-order valence-corrected chi connectivity index (χ2v) is 7.26. The number of urea groups is 1. The lowest BCUT2D eigenvalue weighted by Crippen LogP contribution is -2.52. The number of ether oxygens (including phenoxy) is 2. The van der Waals surface area contributed by atoms with Crippen LogP contribution in [0.25, 0.3) is 0 Å². The fourth-order valence-electron chi connectivity index (χ4n) is 2.40. The number of hydrogen-bond donors (Lipinski definition) is 2. The average molecular weight is 349 g/mol. The third-order valence-corrected chi connectivity index (χ3v) is 3.80. The summed E-state index contributed by atoms with van der Waals surface area (Å²) in [6.45, 7) is 8.97. The van der Waals surface area contributed by atoms with Crippen molar-refractivity contribution in [2.45, 2.75) is 45.8 Å². The van der Waals surface area contributed by atoms with Crippen LogP contribution in [0.3, 0.4) is 0 Å². The van der Waals surface area contributed by atoms with Crippen LogP contribution in [0.5, 0.6) is 11.5 Å². The van der Waals surface area contributed by atoms with Crippen LogP contribution < -0.4 is 20.1 Å². The van der Waals surface area contributed by atoms with E-state index in [4.69, 9.17) is 9.47 Å². The lowest BCUT2D eigenvalue weighted by Gasteiger charge is -2.26. The third-order valence-electron chi connectivity index (χ3n) is 3.80. The molecule has 0 fully saturated rings. The highest BCUT2D eigenvalue weighted by molar-refractivity contribution is 5.97. The minimum Gasteiger partial charge on any atom is -0.486 e. The Kier molecular flexibility index (Phi) is 5.89. The number of benzene rings is 1. The van der Waals surface area contributed by atoms with Gasteiger partial charge in [0.1, 0.15) is 13.2 Å². The monoisotopic (exact) mass is 349 g/mol. The maximum absolute atomic E-state index is 12.2. The van der Waals surface area contributed by atoms with Gasteiger partial charge >= 0.3 is 6.03 Å². The van der Waals surface area contributed by atoms with Gasteiger partial charge in [0.15, 0.2) is 11.5 Å². The summed E-state index contributed by atoms with van der Waals surface area (Å²) in [7, 11) is 1.84. The molecule has 1 heterocycles. The number of amides is 3. The Morgan fingerprint density at radius 2 is 1.84 bits per heavy atom. The van der Waals surface area contributed by atoms with Gasteiger partial charge in [0.05, 0.1) is 6.04 Å². The summed E-state index contributed by atoms with van der Waals surface area (Å²) in [5.74, 6) is 1.11. The Bertz CT molecular complexity index is 640. The van der Waals surface area contributed by atoms with E-state index in [2.05, 4.69) is 10.6 Å². The maximum Gasteiger partial charge on any atom is 0.321 e. The molecule has 0 saturated carbocycles. The first-order valence-corrected chi connectivity index (χ1v) is 8.37. The lowest BCUT2D eigenvalue weighted by molar-refractivity contribution is -0.124. The highest BCUT2D eigenvalue weighted by atomic mass is 16.6. The Morgan fingerprint density at radius 3 is 2.48 bits per heavy atom. The highest BCUT2D eigenvalue weighted by Crippen LogP contribution is 2.31. The molecule has 3 amide bonds. The van der Waals surface area contributed by atoms with Crippen LogP contribution in [0.1, 0.15) is 33.3 Å². The molecule has 1 aliphatic heterocycles. The van der Waals surface area contributed by atoms with Gasteiger partial charge in [0, 0.05) is 12.1 Å². The second kappa shape index (κ2) is 7.74. The molecule has 0 spiro atoms. The van der Waals surface area contributed by atoms with Gasteiger partial charge in [0.2, 0.25) is 5.91 Å². The summed E-state index contributed by atoms with van der Waals surface area (Å²) in [4.78, 5) is 25.9. The Hall–Kier alpha value is -2.28. The Labute approximate surface area is 148 Å². The van der Waals surface area contributed by atoms with Gasteiger partial charge in [0.25, 0.3) is 0 Å². The van der Waals surface area contributed by atoms with E-state index in [1.165, 1.54) is 0 Å².